The summed E-state index contributed by atoms with van der Waals surface area (Å²) in [6.07, 6.45) is 0. The molecule has 0 unspecified atom stereocenters. The molecule has 4 rings (SSSR count). The normalized spacial score (nSPS) is 11.6. The molecule has 0 aliphatic rings. The minimum Gasteiger partial charge on any atom is -0.388 e. The second-order valence-corrected chi connectivity index (χ2v) is 9.07. The number of benzene rings is 3. The number of aromatic nitrogens is 2. The molecule has 0 radical (unpaired) electrons. The first-order valence-electron chi connectivity index (χ1n) is 10.8. The molecule has 0 saturated carbocycles. The van der Waals surface area contributed by atoms with Crippen molar-refractivity contribution in [2.45, 2.75) is 32.7 Å². The van der Waals surface area contributed by atoms with Gasteiger partial charge in [0.15, 0.2) is 5.78 Å². The summed E-state index contributed by atoms with van der Waals surface area (Å²) >= 11 is 0. The van der Waals surface area contributed by atoms with Crippen LogP contribution in [0.15, 0.2) is 82.4 Å². The van der Waals surface area contributed by atoms with Crippen molar-refractivity contribution in [2.75, 3.05) is 6.61 Å². The number of nitrogens with zero attached hydrogens (tertiary/aromatic N) is 2. The van der Waals surface area contributed by atoms with Crippen LogP contribution in [0, 0.1) is 0 Å². The lowest BCUT2D eigenvalue weighted by Gasteiger charge is -2.24. The number of aliphatic hydroxyl groups is 1. The van der Waals surface area contributed by atoms with Crippen molar-refractivity contribution < 1.29 is 9.90 Å². The van der Waals surface area contributed by atoms with Crippen molar-refractivity contribution in [3.8, 4) is 5.69 Å². The van der Waals surface area contributed by atoms with Gasteiger partial charge in [-0.2, -0.15) is 0 Å². The topological polar surface area (TPSA) is 81.3 Å². The van der Waals surface area contributed by atoms with Crippen molar-refractivity contribution in [1.82, 2.24) is 9.13 Å². The first-order valence-corrected chi connectivity index (χ1v) is 10.8. The highest BCUT2D eigenvalue weighted by molar-refractivity contribution is 5.96. The Labute approximate surface area is 191 Å². The van der Waals surface area contributed by atoms with E-state index in [4.69, 9.17) is 5.11 Å². The predicted octanol–water partition coefficient (Wildman–Crippen LogP) is 3.67. The van der Waals surface area contributed by atoms with Gasteiger partial charge in [-0.25, -0.2) is 9.36 Å². The third kappa shape index (κ3) is 4.17. The van der Waals surface area contributed by atoms with Crippen molar-refractivity contribution in [3.63, 3.8) is 0 Å². The fourth-order valence-electron chi connectivity index (χ4n) is 4.06. The minimum absolute atomic E-state index is 0.227. The van der Waals surface area contributed by atoms with Gasteiger partial charge in [0, 0.05) is 5.56 Å². The molecule has 33 heavy (non-hydrogen) atoms. The Morgan fingerprint density at radius 1 is 0.879 bits per heavy atom. The van der Waals surface area contributed by atoms with Crippen LogP contribution in [0.25, 0.3) is 16.6 Å². The number of hydrogen-bond acceptors (Lipinski definition) is 4. The Morgan fingerprint density at radius 2 is 1.52 bits per heavy atom. The number of hydrogen-bond donors (Lipinski definition) is 1. The zero-order valence-corrected chi connectivity index (χ0v) is 18.9. The van der Waals surface area contributed by atoms with Gasteiger partial charge >= 0.3 is 5.69 Å². The van der Waals surface area contributed by atoms with E-state index in [2.05, 4.69) is 0 Å². The molecule has 0 amide bonds. The molecule has 168 valence electrons. The smallest absolute Gasteiger partial charge is 0.336 e. The molecule has 4 aromatic rings. The number of ketones is 1. The van der Waals surface area contributed by atoms with Crippen LogP contribution < -0.4 is 11.2 Å². The first-order chi connectivity index (χ1) is 15.7. The van der Waals surface area contributed by atoms with Gasteiger partial charge in [-0.05, 0) is 34.7 Å². The Bertz CT molecular complexity index is 1450. The molecule has 1 N–H and O–H groups in total. The Morgan fingerprint density at radius 3 is 2.18 bits per heavy atom. The van der Waals surface area contributed by atoms with Crippen LogP contribution in [0.5, 0.6) is 0 Å². The van der Waals surface area contributed by atoms with Gasteiger partial charge in [0.2, 0.25) is 0 Å². The maximum absolute atomic E-state index is 13.7. The van der Waals surface area contributed by atoms with E-state index in [1.54, 1.807) is 59.2 Å². The first kappa shape index (κ1) is 22.4. The zero-order valence-electron chi connectivity index (χ0n) is 18.9. The number of aliphatic hydroxyl groups excluding tert-OH is 1. The van der Waals surface area contributed by atoms with Gasteiger partial charge in [0.05, 0.1) is 23.1 Å². The highest BCUT2D eigenvalue weighted by Crippen LogP contribution is 2.27. The van der Waals surface area contributed by atoms with E-state index in [0.29, 0.717) is 22.2 Å². The molecule has 0 spiro atoms. The molecule has 0 aliphatic carbocycles. The predicted molar refractivity (Wildman–Crippen MR) is 129 cm³/mol. The standard InChI is InChI=1S/C27H26N2O4/c1-27(2,3)21-9-5-7-11-23(21)29-25(32)20-8-4-6-10-22(20)28(26(29)33)16-18-12-14-19(15-13-18)24(31)17-30/h4-15,30H,16-17H2,1-3H3. The number of carbonyl (C=O) groups is 1. The molecule has 6 heteroatoms. The van der Waals surface area contributed by atoms with Crippen molar-refractivity contribution in [3.05, 3.63) is 110 Å². The second-order valence-electron chi connectivity index (χ2n) is 9.07. The summed E-state index contributed by atoms with van der Waals surface area (Å²) in [4.78, 5) is 38.9. The van der Waals surface area contributed by atoms with Gasteiger partial charge in [0.1, 0.15) is 6.61 Å². The highest BCUT2D eigenvalue weighted by atomic mass is 16.3. The molecule has 0 saturated heterocycles. The van der Waals surface area contributed by atoms with Crippen molar-refractivity contribution in [1.29, 1.82) is 0 Å². The van der Waals surface area contributed by atoms with E-state index in [9.17, 15) is 14.4 Å². The van der Waals surface area contributed by atoms with E-state index >= 15 is 0 Å². The van der Waals surface area contributed by atoms with Gasteiger partial charge in [0.25, 0.3) is 5.56 Å². The fourth-order valence-corrected chi connectivity index (χ4v) is 4.06. The number of Topliss-reactive ketones (excluding diaryl/α,β-unsaturated/α-hetero) is 1. The lowest BCUT2D eigenvalue weighted by molar-refractivity contribution is 0.0903. The average molecular weight is 443 g/mol. The molecule has 1 aromatic heterocycles. The number of carbonyl (C=O) groups excluding carboxylic acids is 1. The fraction of sp³-hybridized carbons (Fsp3) is 0.222. The molecule has 0 fully saturated rings. The Balaban J connectivity index is 1.95. The third-order valence-corrected chi connectivity index (χ3v) is 5.76. The molecule has 0 atom stereocenters. The maximum Gasteiger partial charge on any atom is 0.336 e. The Kier molecular flexibility index (Phi) is 5.87. The van der Waals surface area contributed by atoms with Crippen LogP contribution in [0.1, 0.15) is 42.3 Å². The summed E-state index contributed by atoms with van der Waals surface area (Å²) in [6, 6.07) is 21.3. The SMILES string of the molecule is CC(C)(C)c1ccccc1-n1c(=O)c2ccccc2n(Cc2ccc(C(=O)CO)cc2)c1=O. The van der Waals surface area contributed by atoms with Crippen LogP contribution >= 0.6 is 0 Å². The minimum atomic E-state index is -0.554. The molecule has 1 heterocycles. The molecule has 0 aliphatic heterocycles. The summed E-state index contributed by atoms with van der Waals surface area (Å²) in [5.41, 5.74) is 2.18. The largest absolute Gasteiger partial charge is 0.388 e. The second kappa shape index (κ2) is 8.64. The monoisotopic (exact) mass is 442 g/mol. The van der Waals surface area contributed by atoms with Crippen LogP contribution in [-0.2, 0) is 12.0 Å². The summed E-state index contributed by atoms with van der Waals surface area (Å²) in [5.74, 6) is -0.364. The van der Waals surface area contributed by atoms with Crippen LogP contribution in [0.4, 0.5) is 0 Å². The zero-order chi connectivity index (χ0) is 23.8. The van der Waals surface area contributed by atoms with Gasteiger partial charge in [-0.1, -0.05) is 75.4 Å². The molecular formula is C27H26N2O4. The Hall–Kier alpha value is -3.77. The van der Waals surface area contributed by atoms with Crippen LogP contribution in [0.2, 0.25) is 0 Å². The number of fused-ring (bicyclic) bond motifs is 1. The van der Waals surface area contributed by atoms with E-state index < -0.39 is 12.3 Å². The van der Waals surface area contributed by atoms with Crippen LogP contribution in [0.3, 0.4) is 0 Å². The van der Waals surface area contributed by atoms with Crippen LogP contribution in [-0.4, -0.2) is 26.6 Å². The maximum atomic E-state index is 13.7. The third-order valence-electron chi connectivity index (χ3n) is 5.76. The van der Waals surface area contributed by atoms with Gasteiger partial charge in [-0.3, -0.25) is 14.2 Å². The number of para-hydroxylation sites is 2. The molecule has 0 bridgehead atoms. The molecule has 3 aromatic carbocycles. The van der Waals surface area contributed by atoms with E-state index in [1.807, 2.05) is 39.0 Å². The van der Waals surface area contributed by atoms with Crippen molar-refractivity contribution >= 4 is 16.7 Å². The summed E-state index contributed by atoms with van der Waals surface area (Å²) in [7, 11) is 0. The van der Waals surface area contributed by atoms with E-state index in [1.165, 1.54) is 4.57 Å². The van der Waals surface area contributed by atoms with Crippen molar-refractivity contribution in [2.24, 2.45) is 0 Å². The van der Waals surface area contributed by atoms with E-state index in [0.717, 1.165) is 11.1 Å². The van der Waals surface area contributed by atoms with E-state index in [-0.39, 0.29) is 23.3 Å². The summed E-state index contributed by atoms with van der Waals surface area (Å²) in [5, 5.41) is 9.52. The quantitative estimate of drug-likeness (QED) is 0.478. The van der Waals surface area contributed by atoms with Gasteiger partial charge in [-0.15, -0.1) is 0 Å². The average Bonchev–Trinajstić information content (AvgIpc) is 2.81. The molecule has 6 nitrogen and oxygen atoms in total. The molecular weight excluding hydrogens is 416 g/mol. The number of rotatable bonds is 5. The van der Waals surface area contributed by atoms with Gasteiger partial charge < -0.3 is 5.11 Å². The summed E-state index contributed by atoms with van der Waals surface area (Å²) in [6.45, 7) is 5.82. The lowest BCUT2D eigenvalue weighted by Crippen LogP contribution is -2.40. The lowest BCUT2D eigenvalue weighted by atomic mass is 9.85. The summed E-state index contributed by atoms with van der Waals surface area (Å²) < 4.78 is 2.84. The highest BCUT2D eigenvalue weighted by Gasteiger charge is 2.22.